The quantitative estimate of drug-likeness (QED) is 0.742. The van der Waals surface area contributed by atoms with Gasteiger partial charge >= 0.3 is 12.2 Å². The molecule has 4 aliphatic carbocycles. The zero-order valence-corrected chi connectivity index (χ0v) is 13.4. The second-order valence-electron chi connectivity index (χ2n) is 8.13. The molecule has 0 aliphatic heterocycles. The van der Waals surface area contributed by atoms with Crippen molar-refractivity contribution in [2.45, 2.75) is 57.9 Å². The van der Waals surface area contributed by atoms with Crippen LogP contribution >= 0.6 is 0 Å². The van der Waals surface area contributed by atoms with Crippen molar-refractivity contribution in [3.05, 3.63) is 0 Å². The normalized spacial score (nSPS) is 43.5. The molecule has 4 aliphatic rings. The van der Waals surface area contributed by atoms with Crippen LogP contribution in [0.5, 0.6) is 0 Å². The summed E-state index contributed by atoms with van der Waals surface area (Å²) in [6, 6.07) is 0. The van der Waals surface area contributed by atoms with Crippen molar-refractivity contribution in [2.75, 3.05) is 14.2 Å². The highest BCUT2D eigenvalue weighted by molar-refractivity contribution is 5.89. The number of carbonyl (C=O) groups excluding carboxylic acids is 2. The van der Waals surface area contributed by atoms with E-state index in [1.54, 1.807) is 0 Å². The molecule has 0 heterocycles. The maximum absolute atomic E-state index is 12.2. The number of carbonyl (C=O) groups is 2. The molecule has 0 saturated heterocycles. The van der Waals surface area contributed by atoms with E-state index in [1.807, 2.05) is 0 Å². The van der Waals surface area contributed by atoms with Crippen LogP contribution in [0.25, 0.3) is 0 Å². The van der Waals surface area contributed by atoms with Crippen molar-refractivity contribution < 1.29 is 19.1 Å². The predicted octanol–water partition coefficient (Wildman–Crippen LogP) is 3.57. The summed E-state index contributed by atoms with van der Waals surface area (Å²) in [5.41, 5.74) is 0.00597. The van der Waals surface area contributed by atoms with Gasteiger partial charge in [-0.05, 0) is 55.3 Å². The molecule has 21 heavy (non-hydrogen) atoms. The monoisotopic (exact) mass is 295 g/mol. The van der Waals surface area contributed by atoms with Gasteiger partial charge in [0.2, 0.25) is 0 Å². The van der Waals surface area contributed by atoms with Gasteiger partial charge in [0.15, 0.2) is 0 Å². The second-order valence-corrected chi connectivity index (χ2v) is 8.13. The van der Waals surface area contributed by atoms with Gasteiger partial charge in [0.05, 0.1) is 19.8 Å². The summed E-state index contributed by atoms with van der Waals surface area (Å²) in [6.07, 6.45) is 5.07. The molecular formula is C16H25NO4. The smallest absolute Gasteiger partial charge is 0.419 e. The zero-order chi connectivity index (χ0) is 15.5. The lowest BCUT2D eigenvalue weighted by atomic mass is 9.42. The van der Waals surface area contributed by atoms with E-state index in [0.29, 0.717) is 5.92 Å². The Hall–Kier alpha value is -1.26. The molecule has 118 valence electrons. The van der Waals surface area contributed by atoms with Gasteiger partial charge < -0.3 is 9.47 Å². The van der Waals surface area contributed by atoms with Gasteiger partial charge in [-0.15, -0.1) is 0 Å². The highest BCUT2D eigenvalue weighted by atomic mass is 16.6. The van der Waals surface area contributed by atoms with Gasteiger partial charge in [-0.25, -0.2) is 14.5 Å². The Balaban J connectivity index is 2.02. The van der Waals surface area contributed by atoms with Crippen LogP contribution in [-0.4, -0.2) is 36.8 Å². The average Bonchev–Trinajstić information content (AvgIpc) is 2.33. The first kappa shape index (κ1) is 14.7. The molecular weight excluding hydrogens is 270 g/mol. The number of methoxy groups -OCH3 is 2. The van der Waals surface area contributed by atoms with E-state index >= 15 is 0 Å². The van der Waals surface area contributed by atoms with Gasteiger partial charge in [-0.3, -0.25) is 0 Å². The standard InChI is InChI=1S/C16H25NO4/c1-14-5-11-6-15(2,8-14)10-16(7-11,9-14)17(12(18)20-3)13(19)21-4/h11H,5-10H2,1-4H3. The Morgan fingerprint density at radius 3 is 1.76 bits per heavy atom. The second kappa shape index (κ2) is 4.37. The molecule has 0 spiro atoms. The minimum absolute atomic E-state index is 0.217. The van der Waals surface area contributed by atoms with Crippen molar-refractivity contribution in [3.63, 3.8) is 0 Å². The first-order valence-electron chi connectivity index (χ1n) is 7.71. The van der Waals surface area contributed by atoms with Crippen LogP contribution in [0.2, 0.25) is 0 Å². The number of imide groups is 1. The lowest BCUT2D eigenvalue weighted by Crippen LogP contribution is -2.67. The Kier molecular flexibility index (Phi) is 3.05. The van der Waals surface area contributed by atoms with Gasteiger partial charge in [-0.2, -0.15) is 0 Å². The highest BCUT2D eigenvalue weighted by Crippen LogP contribution is 2.67. The van der Waals surface area contributed by atoms with Gasteiger partial charge in [0, 0.05) is 0 Å². The maximum atomic E-state index is 12.2. The Morgan fingerprint density at radius 2 is 1.38 bits per heavy atom. The molecule has 5 heteroatoms. The molecule has 0 N–H and O–H groups in total. The molecule has 4 rings (SSSR count). The van der Waals surface area contributed by atoms with Crippen molar-refractivity contribution in [3.8, 4) is 0 Å². The van der Waals surface area contributed by atoms with Crippen molar-refractivity contribution in [2.24, 2.45) is 16.7 Å². The van der Waals surface area contributed by atoms with E-state index in [1.165, 1.54) is 38.4 Å². The fourth-order valence-electron chi connectivity index (χ4n) is 6.28. The lowest BCUT2D eigenvalue weighted by Gasteiger charge is -2.66. The van der Waals surface area contributed by atoms with Crippen LogP contribution in [-0.2, 0) is 9.47 Å². The largest absolute Gasteiger partial charge is 0.452 e. The summed E-state index contributed by atoms with van der Waals surface area (Å²) in [5.74, 6) is 0.591. The van der Waals surface area contributed by atoms with Gasteiger partial charge in [-0.1, -0.05) is 13.8 Å². The number of hydrogen-bond acceptors (Lipinski definition) is 4. The summed E-state index contributed by atoms with van der Waals surface area (Å²) in [4.78, 5) is 25.8. The number of nitrogens with zero attached hydrogens (tertiary/aromatic N) is 1. The fraction of sp³-hybridized carbons (Fsp3) is 0.875. The summed E-state index contributed by atoms with van der Waals surface area (Å²) in [6.45, 7) is 4.61. The molecule has 0 aromatic rings. The first-order chi connectivity index (χ1) is 9.75. The Bertz CT molecular complexity index is 455. The molecule has 0 radical (unpaired) electrons. The van der Waals surface area contributed by atoms with E-state index in [0.717, 1.165) is 19.3 Å². The number of rotatable bonds is 1. The van der Waals surface area contributed by atoms with Crippen molar-refractivity contribution >= 4 is 12.2 Å². The highest BCUT2D eigenvalue weighted by Gasteiger charge is 2.64. The molecule has 5 nitrogen and oxygen atoms in total. The third-order valence-electron chi connectivity index (χ3n) is 5.79. The molecule has 4 saturated carbocycles. The lowest BCUT2D eigenvalue weighted by molar-refractivity contribution is -0.146. The van der Waals surface area contributed by atoms with Gasteiger partial charge in [0.25, 0.3) is 0 Å². The third-order valence-corrected chi connectivity index (χ3v) is 5.79. The van der Waals surface area contributed by atoms with E-state index in [4.69, 9.17) is 9.47 Å². The topological polar surface area (TPSA) is 55.8 Å². The molecule has 0 aromatic carbocycles. The van der Waals surface area contributed by atoms with Crippen LogP contribution in [0.1, 0.15) is 52.4 Å². The van der Waals surface area contributed by atoms with Crippen LogP contribution in [0.15, 0.2) is 0 Å². The molecule has 0 aromatic heterocycles. The van der Waals surface area contributed by atoms with Crippen LogP contribution in [0.4, 0.5) is 9.59 Å². The first-order valence-corrected chi connectivity index (χ1v) is 7.71. The number of hydrogen-bond donors (Lipinski definition) is 0. The minimum Gasteiger partial charge on any atom is -0.452 e. The predicted molar refractivity (Wildman–Crippen MR) is 76.8 cm³/mol. The van der Waals surface area contributed by atoms with Crippen LogP contribution in [0, 0.1) is 16.7 Å². The van der Waals surface area contributed by atoms with Crippen LogP contribution in [0.3, 0.4) is 0 Å². The SMILES string of the molecule is COC(=O)N(C(=O)OC)C12CC3CC(C)(CC(C)(C3)C1)C2. The maximum Gasteiger partial charge on any atom is 0.419 e. The summed E-state index contributed by atoms with van der Waals surface area (Å²) in [7, 11) is 2.64. The fourth-order valence-corrected chi connectivity index (χ4v) is 6.28. The number of ether oxygens (including phenoxy) is 2. The van der Waals surface area contributed by atoms with Gasteiger partial charge in [0.1, 0.15) is 0 Å². The summed E-state index contributed by atoms with van der Waals surface area (Å²) >= 11 is 0. The van der Waals surface area contributed by atoms with E-state index < -0.39 is 17.7 Å². The van der Waals surface area contributed by atoms with Crippen molar-refractivity contribution in [1.82, 2.24) is 4.90 Å². The molecule has 4 fully saturated rings. The van der Waals surface area contributed by atoms with Crippen LogP contribution < -0.4 is 0 Å². The molecule has 2 atom stereocenters. The third kappa shape index (κ3) is 2.12. The zero-order valence-electron chi connectivity index (χ0n) is 13.4. The number of amides is 2. The summed E-state index contributed by atoms with van der Waals surface area (Å²) in [5, 5.41) is 0. The van der Waals surface area contributed by atoms with E-state index in [9.17, 15) is 9.59 Å². The minimum atomic E-state index is -0.587. The Labute approximate surface area is 126 Å². The average molecular weight is 295 g/mol. The molecule has 4 bridgehead atoms. The Morgan fingerprint density at radius 1 is 0.905 bits per heavy atom. The van der Waals surface area contributed by atoms with E-state index in [2.05, 4.69) is 13.8 Å². The molecule has 2 amide bonds. The van der Waals surface area contributed by atoms with Crippen molar-refractivity contribution in [1.29, 1.82) is 0 Å². The van der Waals surface area contributed by atoms with E-state index in [-0.39, 0.29) is 10.8 Å². The summed E-state index contributed by atoms with van der Waals surface area (Å²) < 4.78 is 9.75. The molecule has 2 unspecified atom stereocenters.